The molecule has 0 saturated carbocycles. The maximum atomic E-state index is 13.1. The van der Waals surface area contributed by atoms with Crippen LogP contribution in [0.25, 0.3) is 11.0 Å². The van der Waals surface area contributed by atoms with Crippen LogP contribution >= 0.6 is 0 Å². The van der Waals surface area contributed by atoms with Gasteiger partial charge >= 0.3 is 5.63 Å². The first-order valence-corrected chi connectivity index (χ1v) is 4.04. The number of hydrogen-bond donors (Lipinski definition) is 1. The molecule has 0 aliphatic rings. The summed E-state index contributed by atoms with van der Waals surface area (Å²) in [6, 6.07) is 3.78. The van der Waals surface area contributed by atoms with Crippen molar-refractivity contribution in [2.75, 3.05) is 0 Å². The standard InChI is InChI=1S/C10H5FO4/c11-7-3-1-2-5-8(13)6(4-12)10(14)15-9(5)7/h1-4,13H. The minimum Gasteiger partial charge on any atom is -0.506 e. The number of aromatic hydroxyl groups is 1. The molecule has 0 aliphatic heterocycles. The maximum absolute atomic E-state index is 13.1. The number of rotatable bonds is 1. The van der Waals surface area contributed by atoms with Crippen molar-refractivity contribution in [2.24, 2.45) is 0 Å². The molecule has 15 heavy (non-hydrogen) atoms. The minimum absolute atomic E-state index is 0.00306. The summed E-state index contributed by atoms with van der Waals surface area (Å²) in [6.45, 7) is 0. The molecule has 2 aromatic rings. The van der Waals surface area contributed by atoms with Gasteiger partial charge < -0.3 is 9.52 Å². The summed E-state index contributed by atoms with van der Waals surface area (Å²) in [5.41, 5.74) is -1.92. The van der Waals surface area contributed by atoms with Gasteiger partial charge in [0.2, 0.25) is 0 Å². The number of para-hydroxylation sites is 1. The number of hydrogen-bond acceptors (Lipinski definition) is 4. The fraction of sp³-hybridized carbons (Fsp3) is 0. The van der Waals surface area contributed by atoms with Crippen LogP contribution < -0.4 is 5.63 Å². The van der Waals surface area contributed by atoms with Gasteiger partial charge in [-0.3, -0.25) is 4.79 Å². The van der Waals surface area contributed by atoms with Crippen molar-refractivity contribution in [3.8, 4) is 5.75 Å². The summed E-state index contributed by atoms with van der Waals surface area (Å²) < 4.78 is 17.7. The third kappa shape index (κ3) is 1.28. The van der Waals surface area contributed by atoms with Crippen LogP contribution in [0.15, 0.2) is 27.4 Å². The Kier molecular flexibility index (Phi) is 2.00. The SMILES string of the molecule is O=Cc1c(O)c2cccc(F)c2oc1=O. The predicted molar refractivity (Wildman–Crippen MR) is 49.5 cm³/mol. The molecule has 1 heterocycles. The second-order valence-electron chi connectivity index (χ2n) is 2.89. The Morgan fingerprint density at radius 2 is 2.13 bits per heavy atom. The van der Waals surface area contributed by atoms with Crippen molar-refractivity contribution in [1.29, 1.82) is 0 Å². The molecule has 0 radical (unpaired) electrons. The number of carbonyl (C=O) groups excluding carboxylic acids is 1. The Hall–Kier alpha value is -2.17. The summed E-state index contributed by atoms with van der Waals surface area (Å²) in [5, 5.41) is 9.49. The third-order valence-electron chi connectivity index (χ3n) is 2.01. The average molecular weight is 208 g/mol. The van der Waals surface area contributed by atoms with E-state index in [0.717, 1.165) is 6.07 Å². The lowest BCUT2D eigenvalue weighted by molar-refractivity contribution is 0.111. The Morgan fingerprint density at radius 3 is 2.80 bits per heavy atom. The highest BCUT2D eigenvalue weighted by molar-refractivity contribution is 5.91. The molecule has 0 fully saturated rings. The van der Waals surface area contributed by atoms with Gasteiger partial charge in [-0.05, 0) is 12.1 Å². The first-order chi connectivity index (χ1) is 7.15. The monoisotopic (exact) mass is 208 g/mol. The number of carbonyl (C=O) groups is 1. The molecule has 0 spiro atoms. The second-order valence-corrected chi connectivity index (χ2v) is 2.89. The van der Waals surface area contributed by atoms with Crippen molar-refractivity contribution >= 4 is 17.3 Å². The number of benzene rings is 1. The zero-order valence-corrected chi connectivity index (χ0v) is 7.36. The van der Waals surface area contributed by atoms with E-state index >= 15 is 0 Å². The smallest absolute Gasteiger partial charge is 0.350 e. The lowest BCUT2D eigenvalue weighted by Gasteiger charge is -2.01. The van der Waals surface area contributed by atoms with Crippen LogP contribution in [0.3, 0.4) is 0 Å². The third-order valence-corrected chi connectivity index (χ3v) is 2.01. The number of halogens is 1. The second kappa shape index (κ2) is 3.20. The Balaban J connectivity index is 3.04. The fourth-order valence-electron chi connectivity index (χ4n) is 1.29. The van der Waals surface area contributed by atoms with E-state index in [2.05, 4.69) is 4.42 Å². The average Bonchev–Trinajstić information content (AvgIpc) is 2.20. The molecule has 0 bridgehead atoms. The first kappa shape index (κ1) is 9.39. The van der Waals surface area contributed by atoms with Crippen LogP contribution in [0, 0.1) is 5.82 Å². The van der Waals surface area contributed by atoms with Gasteiger partial charge in [0.05, 0.1) is 5.39 Å². The topological polar surface area (TPSA) is 67.5 Å². The van der Waals surface area contributed by atoms with Crippen LogP contribution in [-0.4, -0.2) is 11.4 Å². The highest BCUT2D eigenvalue weighted by atomic mass is 19.1. The Labute approximate surface area is 82.6 Å². The van der Waals surface area contributed by atoms with Crippen LogP contribution in [0.4, 0.5) is 4.39 Å². The van der Waals surface area contributed by atoms with Gasteiger partial charge in [0, 0.05) is 0 Å². The molecule has 0 atom stereocenters. The van der Waals surface area contributed by atoms with Crippen molar-refractivity contribution in [1.82, 2.24) is 0 Å². The van der Waals surface area contributed by atoms with E-state index in [0.29, 0.717) is 0 Å². The van der Waals surface area contributed by atoms with Gasteiger partial charge in [-0.25, -0.2) is 9.18 Å². The van der Waals surface area contributed by atoms with E-state index < -0.39 is 22.8 Å². The summed E-state index contributed by atoms with van der Waals surface area (Å²) in [7, 11) is 0. The molecule has 5 heteroatoms. The molecular weight excluding hydrogens is 203 g/mol. The Morgan fingerprint density at radius 1 is 1.40 bits per heavy atom. The lowest BCUT2D eigenvalue weighted by atomic mass is 10.1. The molecule has 0 unspecified atom stereocenters. The van der Waals surface area contributed by atoms with Gasteiger partial charge in [-0.15, -0.1) is 0 Å². The number of fused-ring (bicyclic) bond motifs is 1. The normalized spacial score (nSPS) is 10.5. The summed E-state index contributed by atoms with van der Waals surface area (Å²) in [4.78, 5) is 21.6. The predicted octanol–water partition coefficient (Wildman–Crippen LogP) is 1.45. The highest BCUT2D eigenvalue weighted by Crippen LogP contribution is 2.26. The molecule has 1 aromatic heterocycles. The van der Waals surface area contributed by atoms with E-state index in [1.807, 2.05) is 0 Å². The minimum atomic E-state index is -1.06. The fourth-order valence-corrected chi connectivity index (χ4v) is 1.29. The van der Waals surface area contributed by atoms with Gasteiger partial charge in [0.25, 0.3) is 0 Å². The highest BCUT2D eigenvalue weighted by Gasteiger charge is 2.14. The molecular formula is C10H5FO4. The van der Waals surface area contributed by atoms with Crippen LogP contribution in [0.5, 0.6) is 5.75 Å². The van der Waals surface area contributed by atoms with Gasteiger partial charge in [-0.2, -0.15) is 0 Å². The quantitative estimate of drug-likeness (QED) is 0.568. The number of aldehydes is 1. The molecule has 0 amide bonds. The molecule has 0 aliphatic carbocycles. The van der Waals surface area contributed by atoms with E-state index in [9.17, 15) is 19.1 Å². The van der Waals surface area contributed by atoms with Gasteiger partial charge in [-0.1, -0.05) is 6.07 Å². The van der Waals surface area contributed by atoms with Crippen LogP contribution in [-0.2, 0) is 0 Å². The molecule has 76 valence electrons. The van der Waals surface area contributed by atoms with E-state index in [4.69, 9.17) is 0 Å². The van der Waals surface area contributed by atoms with E-state index in [1.54, 1.807) is 0 Å². The van der Waals surface area contributed by atoms with Crippen molar-refractivity contribution < 1.29 is 18.7 Å². The zero-order chi connectivity index (χ0) is 11.0. The van der Waals surface area contributed by atoms with E-state index in [-0.39, 0.29) is 17.3 Å². The molecule has 1 N–H and O–H groups in total. The van der Waals surface area contributed by atoms with Crippen molar-refractivity contribution in [2.45, 2.75) is 0 Å². The van der Waals surface area contributed by atoms with Crippen LogP contribution in [0.2, 0.25) is 0 Å². The summed E-state index contributed by atoms with van der Waals surface area (Å²) in [6.07, 6.45) is 0.172. The maximum Gasteiger partial charge on any atom is 0.350 e. The van der Waals surface area contributed by atoms with Gasteiger partial charge in [0.1, 0.15) is 11.3 Å². The largest absolute Gasteiger partial charge is 0.506 e. The van der Waals surface area contributed by atoms with E-state index in [1.165, 1.54) is 12.1 Å². The van der Waals surface area contributed by atoms with Crippen LogP contribution in [0.1, 0.15) is 10.4 Å². The lowest BCUT2D eigenvalue weighted by Crippen LogP contribution is -2.07. The van der Waals surface area contributed by atoms with Crippen molar-refractivity contribution in [3.05, 3.63) is 40.0 Å². The molecule has 4 nitrogen and oxygen atoms in total. The Bertz CT molecular complexity index is 600. The zero-order valence-electron chi connectivity index (χ0n) is 7.36. The van der Waals surface area contributed by atoms with Gasteiger partial charge in [0.15, 0.2) is 17.7 Å². The van der Waals surface area contributed by atoms with Crippen molar-refractivity contribution in [3.63, 3.8) is 0 Å². The first-order valence-electron chi connectivity index (χ1n) is 4.04. The molecule has 0 saturated heterocycles. The summed E-state index contributed by atoms with van der Waals surface area (Å²) in [5.74, 6) is -1.33. The molecule has 1 aromatic carbocycles. The summed E-state index contributed by atoms with van der Waals surface area (Å²) >= 11 is 0. The molecule has 2 rings (SSSR count).